The van der Waals surface area contributed by atoms with E-state index < -0.39 is 0 Å². The minimum Gasteiger partial charge on any atom is -0.450 e. The molecule has 0 bridgehead atoms. The van der Waals surface area contributed by atoms with E-state index in [-0.39, 0.29) is 6.61 Å². The van der Waals surface area contributed by atoms with Crippen LogP contribution in [0.2, 0.25) is 0 Å². The normalized spacial score (nSPS) is 16.3. The predicted molar refractivity (Wildman–Crippen MR) is 94.4 cm³/mol. The third-order valence-corrected chi connectivity index (χ3v) is 4.65. The van der Waals surface area contributed by atoms with Crippen LogP contribution in [0.15, 0.2) is 28.7 Å². The summed E-state index contributed by atoms with van der Waals surface area (Å²) in [5.74, 6) is 1.75. The van der Waals surface area contributed by atoms with Gasteiger partial charge in [-0.25, -0.2) is 9.97 Å². The largest absolute Gasteiger partial charge is 0.450 e. The van der Waals surface area contributed by atoms with Crippen molar-refractivity contribution in [2.75, 3.05) is 44.2 Å². The van der Waals surface area contributed by atoms with Crippen molar-refractivity contribution < 1.29 is 9.52 Å². The summed E-state index contributed by atoms with van der Waals surface area (Å²) in [6, 6.07) is 8.02. The van der Waals surface area contributed by atoms with Crippen LogP contribution in [0.4, 0.5) is 5.82 Å². The lowest BCUT2D eigenvalue weighted by molar-refractivity contribution is 0.188. The summed E-state index contributed by atoms with van der Waals surface area (Å²) in [6.45, 7) is 6.63. The van der Waals surface area contributed by atoms with Crippen molar-refractivity contribution in [2.24, 2.45) is 0 Å². The van der Waals surface area contributed by atoms with Gasteiger partial charge in [-0.05, 0) is 12.1 Å². The van der Waals surface area contributed by atoms with Crippen molar-refractivity contribution in [3.05, 3.63) is 30.1 Å². The van der Waals surface area contributed by atoms with E-state index in [1.54, 1.807) is 0 Å². The highest BCUT2D eigenvalue weighted by atomic mass is 16.3. The first-order valence-corrected chi connectivity index (χ1v) is 8.56. The molecule has 0 radical (unpaired) electrons. The molecular weight excluding hydrogens is 304 g/mol. The van der Waals surface area contributed by atoms with E-state index >= 15 is 0 Å². The zero-order valence-corrected chi connectivity index (χ0v) is 13.9. The van der Waals surface area contributed by atoms with Crippen LogP contribution >= 0.6 is 0 Å². The second-order valence-electron chi connectivity index (χ2n) is 6.15. The zero-order chi connectivity index (χ0) is 16.5. The molecule has 1 aromatic carbocycles. The molecule has 0 aliphatic carbocycles. The average molecular weight is 326 g/mol. The molecule has 0 saturated carbocycles. The maximum atomic E-state index is 9.10. The highest BCUT2D eigenvalue weighted by Gasteiger charge is 2.23. The molecule has 1 aliphatic heterocycles. The topological polar surface area (TPSA) is 65.6 Å². The molecule has 1 fully saturated rings. The Labute approximate surface area is 140 Å². The number of hydrogen-bond acceptors (Lipinski definition) is 6. The molecule has 1 saturated heterocycles. The standard InChI is InChI=1S/C18H22N4O2/c1-2-15-19-16-13-5-3-4-6-14(13)24-17(16)18(20-15)22-9-7-21(8-10-22)11-12-23/h3-6,23H,2,7-12H2,1H3. The van der Waals surface area contributed by atoms with E-state index in [1.165, 1.54) is 0 Å². The van der Waals surface area contributed by atoms with Crippen LogP contribution in [0.3, 0.4) is 0 Å². The van der Waals surface area contributed by atoms with Gasteiger partial charge in [-0.2, -0.15) is 0 Å². The number of aliphatic hydroxyl groups is 1. The number of piperazine rings is 1. The molecule has 1 N–H and O–H groups in total. The summed E-state index contributed by atoms with van der Waals surface area (Å²) in [7, 11) is 0. The second-order valence-corrected chi connectivity index (χ2v) is 6.15. The minimum atomic E-state index is 0.210. The molecule has 3 heterocycles. The number of β-amino-alcohol motifs (C(OH)–C–C–N with tert-alkyl or cyclic N) is 1. The van der Waals surface area contributed by atoms with E-state index in [1.807, 2.05) is 18.2 Å². The lowest BCUT2D eigenvalue weighted by Crippen LogP contribution is -2.47. The number of aromatic nitrogens is 2. The molecule has 6 nitrogen and oxygen atoms in total. The van der Waals surface area contributed by atoms with Crippen LogP contribution in [0, 0.1) is 0 Å². The second kappa shape index (κ2) is 6.37. The van der Waals surface area contributed by atoms with Crippen molar-refractivity contribution in [3.63, 3.8) is 0 Å². The molecule has 126 valence electrons. The fourth-order valence-electron chi connectivity index (χ4n) is 3.32. The maximum Gasteiger partial charge on any atom is 0.196 e. The van der Waals surface area contributed by atoms with Gasteiger partial charge in [0.2, 0.25) is 0 Å². The van der Waals surface area contributed by atoms with Crippen LogP contribution in [-0.2, 0) is 6.42 Å². The third kappa shape index (κ3) is 2.61. The van der Waals surface area contributed by atoms with Crippen LogP contribution in [0.5, 0.6) is 0 Å². The Hall–Kier alpha value is -2.18. The Morgan fingerprint density at radius 3 is 2.67 bits per heavy atom. The Balaban J connectivity index is 1.77. The maximum absolute atomic E-state index is 9.10. The number of rotatable bonds is 4. The van der Waals surface area contributed by atoms with Gasteiger partial charge in [-0.15, -0.1) is 0 Å². The van der Waals surface area contributed by atoms with Gasteiger partial charge < -0.3 is 14.4 Å². The van der Waals surface area contributed by atoms with Gasteiger partial charge in [0.25, 0.3) is 0 Å². The number of anilines is 1. The van der Waals surface area contributed by atoms with Gasteiger partial charge in [0, 0.05) is 44.5 Å². The quantitative estimate of drug-likeness (QED) is 0.791. The lowest BCUT2D eigenvalue weighted by atomic mass is 10.2. The zero-order valence-electron chi connectivity index (χ0n) is 13.9. The summed E-state index contributed by atoms with van der Waals surface area (Å²) in [5.41, 5.74) is 2.55. The molecule has 3 aromatic rings. The first kappa shape index (κ1) is 15.4. The van der Waals surface area contributed by atoms with E-state index in [4.69, 9.17) is 19.5 Å². The Morgan fingerprint density at radius 2 is 1.92 bits per heavy atom. The lowest BCUT2D eigenvalue weighted by Gasteiger charge is -2.35. The van der Waals surface area contributed by atoms with Gasteiger partial charge in [0.15, 0.2) is 11.4 Å². The first-order chi connectivity index (χ1) is 11.8. The van der Waals surface area contributed by atoms with E-state index in [9.17, 15) is 0 Å². The van der Waals surface area contributed by atoms with Gasteiger partial charge in [0.1, 0.15) is 16.9 Å². The van der Waals surface area contributed by atoms with Gasteiger partial charge >= 0.3 is 0 Å². The fraction of sp³-hybridized carbons (Fsp3) is 0.444. The molecule has 0 atom stereocenters. The number of para-hydroxylation sites is 1. The third-order valence-electron chi connectivity index (χ3n) is 4.65. The molecule has 0 amide bonds. The number of nitrogens with zero attached hydrogens (tertiary/aromatic N) is 4. The summed E-state index contributed by atoms with van der Waals surface area (Å²) in [6.07, 6.45) is 0.799. The molecule has 0 unspecified atom stereocenters. The van der Waals surface area contributed by atoms with Crippen molar-refractivity contribution in [2.45, 2.75) is 13.3 Å². The van der Waals surface area contributed by atoms with Gasteiger partial charge in [-0.3, -0.25) is 4.90 Å². The van der Waals surface area contributed by atoms with Gasteiger partial charge in [0.05, 0.1) is 6.61 Å². The smallest absolute Gasteiger partial charge is 0.196 e. The highest BCUT2D eigenvalue weighted by molar-refractivity contribution is 6.05. The fourth-order valence-corrected chi connectivity index (χ4v) is 3.32. The van der Waals surface area contributed by atoms with Crippen molar-refractivity contribution in [1.29, 1.82) is 0 Å². The first-order valence-electron chi connectivity index (χ1n) is 8.56. The molecule has 24 heavy (non-hydrogen) atoms. The predicted octanol–water partition coefficient (Wildman–Crippen LogP) is 2.05. The highest BCUT2D eigenvalue weighted by Crippen LogP contribution is 2.33. The molecule has 2 aromatic heterocycles. The Kier molecular flexibility index (Phi) is 4.08. The van der Waals surface area contributed by atoms with Crippen LogP contribution in [0.1, 0.15) is 12.7 Å². The number of benzene rings is 1. The number of aliphatic hydroxyl groups excluding tert-OH is 1. The molecular formula is C18H22N4O2. The molecule has 6 heteroatoms. The number of fused-ring (bicyclic) bond motifs is 3. The number of hydrogen-bond donors (Lipinski definition) is 1. The Bertz CT molecular complexity index is 853. The SMILES string of the molecule is CCc1nc(N2CCN(CCO)CC2)c2oc3ccccc3c2n1. The minimum absolute atomic E-state index is 0.210. The van der Waals surface area contributed by atoms with Crippen LogP contribution in [-0.4, -0.2) is 59.3 Å². The van der Waals surface area contributed by atoms with Crippen molar-refractivity contribution in [3.8, 4) is 0 Å². The summed E-state index contributed by atoms with van der Waals surface area (Å²) in [4.78, 5) is 14.0. The average Bonchev–Trinajstić information content (AvgIpc) is 3.00. The molecule has 0 spiro atoms. The van der Waals surface area contributed by atoms with Crippen LogP contribution in [0.25, 0.3) is 22.1 Å². The van der Waals surface area contributed by atoms with Crippen LogP contribution < -0.4 is 4.90 Å². The van der Waals surface area contributed by atoms with Gasteiger partial charge in [-0.1, -0.05) is 19.1 Å². The number of aryl methyl sites for hydroxylation is 1. The molecule has 1 aliphatic rings. The van der Waals surface area contributed by atoms with Crippen molar-refractivity contribution >= 4 is 27.9 Å². The van der Waals surface area contributed by atoms with Crippen molar-refractivity contribution in [1.82, 2.24) is 14.9 Å². The number of furan rings is 1. The summed E-state index contributed by atoms with van der Waals surface area (Å²) < 4.78 is 6.09. The summed E-state index contributed by atoms with van der Waals surface area (Å²) in [5, 5.41) is 10.1. The van der Waals surface area contributed by atoms with E-state index in [0.29, 0.717) is 0 Å². The Morgan fingerprint density at radius 1 is 1.12 bits per heavy atom. The van der Waals surface area contributed by atoms with E-state index in [2.05, 4.69) is 22.8 Å². The summed E-state index contributed by atoms with van der Waals surface area (Å²) >= 11 is 0. The van der Waals surface area contributed by atoms with E-state index in [0.717, 1.165) is 72.9 Å². The molecule has 4 rings (SSSR count). The monoisotopic (exact) mass is 326 g/mol.